The summed E-state index contributed by atoms with van der Waals surface area (Å²) in [5.41, 5.74) is 11.6. The van der Waals surface area contributed by atoms with Crippen molar-refractivity contribution in [3.8, 4) is 22.9 Å². The molecule has 0 bridgehead atoms. The summed E-state index contributed by atoms with van der Waals surface area (Å²) >= 11 is 0. The average molecular weight is 709 g/mol. The third-order valence-electron chi connectivity index (χ3n) is 9.85. The predicted octanol–water partition coefficient (Wildman–Crippen LogP) is 6.53. The molecule has 0 saturated carbocycles. The van der Waals surface area contributed by atoms with Gasteiger partial charge in [0.05, 0.1) is 5.56 Å². The van der Waals surface area contributed by atoms with E-state index in [2.05, 4.69) is 20.6 Å². The van der Waals surface area contributed by atoms with Gasteiger partial charge in [0.1, 0.15) is 23.1 Å². The summed E-state index contributed by atoms with van der Waals surface area (Å²) in [6.45, 7) is 1.09. The smallest absolute Gasteiger partial charge is 0.340 e. The Morgan fingerprint density at radius 2 is 1.51 bits per heavy atom. The summed E-state index contributed by atoms with van der Waals surface area (Å²) in [5.74, 6) is 2.02. The molecule has 0 saturated heterocycles. The van der Waals surface area contributed by atoms with Crippen LogP contribution >= 0.6 is 0 Å². The Hall–Kier alpha value is -6.56. The second-order valence-electron chi connectivity index (χ2n) is 13.7. The van der Waals surface area contributed by atoms with E-state index in [0.29, 0.717) is 58.7 Å². The Morgan fingerprint density at radius 1 is 0.811 bits per heavy atom. The highest BCUT2D eigenvalue weighted by Gasteiger charge is 2.53. The van der Waals surface area contributed by atoms with Crippen molar-refractivity contribution in [2.45, 2.75) is 18.4 Å². The highest BCUT2D eigenvalue weighted by Crippen LogP contribution is 2.57. The zero-order chi connectivity index (χ0) is 36.9. The first-order valence-corrected chi connectivity index (χ1v) is 17.5. The molecule has 0 fully saturated rings. The maximum atomic E-state index is 13.7. The van der Waals surface area contributed by atoms with Crippen molar-refractivity contribution in [1.29, 1.82) is 0 Å². The number of H-pyrrole nitrogens is 1. The molecule has 1 amide bonds. The molecule has 6 aromatic rings. The molecule has 4 heterocycles. The van der Waals surface area contributed by atoms with Gasteiger partial charge >= 0.3 is 5.97 Å². The fourth-order valence-electron chi connectivity index (χ4n) is 7.13. The van der Waals surface area contributed by atoms with Gasteiger partial charge in [-0.3, -0.25) is 4.79 Å². The van der Waals surface area contributed by atoms with Gasteiger partial charge in [0.2, 0.25) is 0 Å². The summed E-state index contributed by atoms with van der Waals surface area (Å²) in [4.78, 5) is 43.3. The molecule has 8 rings (SSSR count). The number of esters is 1. The minimum Gasteiger partial charge on any atom is -0.456 e. The SMILES string of the molecule is CN(C)c1ccc2c(c1)Oc1cc(N(C)C)ccc1C21OC(=O)c2cc(C(=O)NCCCCNc3cc(N)nc(-c4cccc5[nH]ccc45)n3)ccc21. The lowest BCUT2D eigenvalue weighted by atomic mass is 9.77. The number of nitrogen functional groups attached to an aromatic ring is 1. The molecule has 0 unspecified atom stereocenters. The third-order valence-corrected chi connectivity index (χ3v) is 9.85. The second-order valence-corrected chi connectivity index (χ2v) is 13.7. The maximum absolute atomic E-state index is 13.7. The van der Waals surface area contributed by atoms with Crippen LogP contribution in [0.2, 0.25) is 0 Å². The van der Waals surface area contributed by atoms with Crippen molar-refractivity contribution in [3.63, 3.8) is 0 Å². The van der Waals surface area contributed by atoms with E-state index in [1.165, 1.54) is 0 Å². The number of benzene rings is 4. The van der Waals surface area contributed by atoms with Crippen molar-refractivity contribution in [3.05, 3.63) is 119 Å². The van der Waals surface area contributed by atoms with Crippen LogP contribution in [0, 0.1) is 0 Å². The number of aromatic nitrogens is 3. The van der Waals surface area contributed by atoms with Crippen molar-refractivity contribution in [1.82, 2.24) is 20.3 Å². The van der Waals surface area contributed by atoms with E-state index >= 15 is 0 Å². The van der Waals surface area contributed by atoms with E-state index < -0.39 is 11.6 Å². The van der Waals surface area contributed by atoms with Gasteiger partial charge in [-0.05, 0) is 61.4 Å². The standard InChI is InChI=1S/C41H40N8O4/c1-48(2)25-11-14-31-34(21-25)52-35-22-26(49(3)4)12-15-32(35)41(31)30-13-10-24(20-29(30)40(51)53-41)39(50)45-18-6-5-17-44-37-23-36(42)46-38(47-37)28-8-7-9-33-27(28)16-19-43-33/h7-16,19-23,43H,5-6,17-18H2,1-4H3,(H,45,50)(H3,42,44,46,47). The number of rotatable bonds is 10. The van der Waals surface area contributed by atoms with Crippen LogP contribution in [0.4, 0.5) is 23.0 Å². The number of anilines is 4. The van der Waals surface area contributed by atoms with Gasteiger partial charge in [-0.2, -0.15) is 0 Å². The lowest BCUT2D eigenvalue weighted by molar-refractivity contribution is 0.0224. The first kappa shape index (κ1) is 33.6. The molecule has 268 valence electrons. The van der Waals surface area contributed by atoms with E-state index in [1.54, 1.807) is 18.2 Å². The molecule has 0 radical (unpaired) electrons. The van der Waals surface area contributed by atoms with Gasteiger partial charge < -0.3 is 40.6 Å². The number of hydrogen-bond acceptors (Lipinski definition) is 10. The number of nitrogens with two attached hydrogens (primary N) is 1. The number of ether oxygens (including phenoxy) is 2. The second kappa shape index (κ2) is 13.2. The van der Waals surface area contributed by atoms with Crippen LogP contribution in [0.25, 0.3) is 22.3 Å². The van der Waals surface area contributed by atoms with Crippen LogP contribution < -0.4 is 30.9 Å². The summed E-state index contributed by atoms with van der Waals surface area (Å²) in [5, 5.41) is 7.35. The fraction of sp³-hybridized carbons (Fsp3) is 0.220. The number of carbonyl (C=O) groups excluding carboxylic acids is 2. The zero-order valence-corrected chi connectivity index (χ0v) is 30.0. The Kier molecular flexibility index (Phi) is 8.37. The minimum atomic E-state index is -1.22. The Balaban J connectivity index is 0.954. The van der Waals surface area contributed by atoms with Crippen LogP contribution in [0.15, 0.2) is 91.1 Å². The Bertz CT molecular complexity index is 2340. The molecule has 0 aliphatic carbocycles. The lowest BCUT2D eigenvalue weighted by Gasteiger charge is -2.37. The van der Waals surface area contributed by atoms with Crippen LogP contribution in [-0.4, -0.2) is 68.1 Å². The lowest BCUT2D eigenvalue weighted by Crippen LogP contribution is -2.33. The molecule has 53 heavy (non-hydrogen) atoms. The number of unbranched alkanes of at least 4 members (excludes halogenated alkanes) is 1. The van der Waals surface area contributed by atoms with Crippen molar-refractivity contribution in [2.24, 2.45) is 0 Å². The molecule has 12 heteroatoms. The van der Waals surface area contributed by atoms with Crippen molar-refractivity contribution in [2.75, 3.05) is 62.1 Å². The molecule has 12 nitrogen and oxygen atoms in total. The number of fused-ring (bicyclic) bond motifs is 7. The van der Waals surface area contributed by atoms with Gasteiger partial charge in [-0.1, -0.05) is 18.2 Å². The van der Waals surface area contributed by atoms with Crippen molar-refractivity contribution >= 4 is 45.8 Å². The first-order chi connectivity index (χ1) is 25.6. The van der Waals surface area contributed by atoms with E-state index in [9.17, 15) is 9.59 Å². The molecule has 4 aromatic carbocycles. The first-order valence-electron chi connectivity index (χ1n) is 17.5. The number of carbonyl (C=O) groups is 2. The fourth-order valence-corrected chi connectivity index (χ4v) is 7.13. The number of nitrogens with zero attached hydrogens (tertiary/aromatic N) is 4. The molecule has 2 aliphatic heterocycles. The van der Waals surface area contributed by atoms with Gasteiger partial charge in [-0.15, -0.1) is 0 Å². The van der Waals surface area contributed by atoms with Crippen molar-refractivity contribution < 1.29 is 19.1 Å². The number of nitrogens with one attached hydrogen (secondary N) is 3. The normalized spacial score (nSPS) is 13.5. The molecular formula is C41H40N8O4. The minimum absolute atomic E-state index is 0.263. The molecule has 5 N–H and O–H groups in total. The van der Waals surface area contributed by atoms with E-state index in [0.717, 1.165) is 51.8 Å². The summed E-state index contributed by atoms with van der Waals surface area (Å²) in [6, 6.07) is 26.6. The van der Waals surface area contributed by atoms with Gasteiger partial charge in [-0.25, -0.2) is 14.8 Å². The highest BCUT2D eigenvalue weighted by atomic mass is 16.6. The molecule has 0 atom stereocenters. The van der Waals surface area contributed by atoms with Gasteiger partial charge in [0.25, 0.3) is 5.91 Å². The average Bonchev–Trinajstić information content (AvgIpc) is 3.75. The van der Waals surface area contributed by atoms with Crippen LogP contribution in [0.3, 0.4) is 0 Å². The maximum Gasteiger partial charge on any atom is 0.340 e. The molecule has 2 aliphatic rings. The van der Waals surface area contributed by atoms with Crippen LogP contribution in [0.5, 0.6) is 11.5 Å². The highest BCUT2D eigenvalue weighted by molar-refractivity contribution is 6.02. The summed E-state index contributed by atoms with van der Waals surface area (Å²) < 4.78 is 12.8. The monoisotopic (exact) mass is 708 g/mol. The van der Waals surface area contributed by atoms with E-state index in [1.807, 2.05) is 111 Å². The number of aromatic amines is 1. The van der Waals surface area contributed by atoms with E-state index in [4.69, 9.17) is 20.2 Å². The van der Waals surface area contributed by atoms with E-state index in [-0.39, 0.29) is 5.91 Å². The number of amides is 1. The molecule has 2 aromatic heterocycles. The summed E-state index contributed by atoms with van der Waals surface area (Å²) in [7, 11) is 7.85. The molecule has 1 spiro atoms. The zero-order valence-electron chi connectivity index (χ0n) is 30.0. The Labute approximate surface area is 307 Å². The Morgan fingerprint density at radius 3 is 2.23 bits per heavy atom. The van der Waals surface area contributed by atoms with Gasteiger partial charge in [0, 0.05) is 116 Å². The van der Waals surface area contributed by atoms with Gasteiger partial charge in [0.15, 0.2) is 11.4 Å². The van der Waals surface area contributed by atoms with Crippen LogP contribution in [0.1, 0.15) is 50.2 Å². The number of hydrogen-bond donors (Lipinski definition) is 4. The quantitative estimate of drug-likeness (QED) is 0.0914. The topological polar surface area (TPSA) is 151 Å². The van der Waals surface area contributed by atoms with Crippen LogP contribution in [-0.2, 0) is 10.3 Å². The summed E-state index contributed by atoms with van der Waals surface area (Å²) in [6.07, 6.45) is 3.39. The largest absolute Gasteiger partial charge is 0.456 e. The third kappa shape index (κ3) is 5.91. The molecular weight excluding hydrogens is 669 g/mol. The predicted molar refractivity (Wildman–Crippen MR) is 207 cm³/mol.